The number of nitrogens with zero attached hydrogens (tertiary/aromatic N) is 2. The standard InChI is InChI=1S/C55H38N2O/c1-55(2)47-29-23-35-32-46-44-28-26-42(57(39-19-11-5-12-20-39)40-21-13-6-14-22-40)34-50(44)58-49-30-24-36-31-45(53(47)51(35)52(36)54(46)49)43-27-25-41(33-48(43)55)56(37-15-7-3-8-16-37)38-17-9-4-10-18-38/h3-34H,1-2H3. The van der Waals surface area contributed by atoms with E-state index in [0.717, 1.165) is 51.2 Å². The summed E-state index contributed by atoms with van der Waals surface area (Å²) in [6.07, 6.45) is 0. The van der Waals surface area contributed by atoms with Gasteiger partial charge in [0.05, 0.1) is 0 Å². The first kappa shape index (κ1) is 32.8. The molecule has 0 N–H and O–H groups in total. The smallest absolute Gasteiger partial charge is 0.137 e. The predicted octanol–water partition coefficient (Wildman–Crippen LogP) is 15.6. The van der Waals surface area contributed by atoms with Gasteiger partial charge in [-0.2, -0.15) is 0 Å². The van der Waals surface area contributed by atoms with Gasteiger partial charge in [0, 0.05) is 61.9 Å². The Hall–Kier alpha value is -7.36. The number of fused-ring (bicyclic) bond motifs is 4. The number of anilines is 6. The molecule has 274 valence electrons. The summed E-state index contributed by atoms with van der Waals surface area (Å²) in [4.78, 5) is 4.65. The van der Waals surface area contributed by atoms with E-state index in [1.54, 1.807) is 0 Å². The van der Waals surface area contributed by atoms with Crippen molar-refractivity contribution >= 4 is 66.4 Å². The summed E-state index contributed by atoms with van der Waals surface area (Å²) < 4.78 is 6.93. The van der Waals surface area contributed by atoms with Crippen LogP contribution in [0, 0.1) is 0 Å². The zero-order valence-electron chi connectivity index (χ0n) is 32.3. The van der Waals surface area contributed by atoms with E-state index in [-0.39, 0.29) is 5.41 Å². The highest BCUT2D eigenvalue weighted by Gasteiger charge is 2.36. The Labute approximate surface area is 338 Å². The van der Waals surface area contributed by atoms with Crippen LogP contribution in [-0.4, -0.2) is 0 Å². The summed E-state index contributed by atoms with van der Waals surface area (Å²) in [6, 6.07) is 70.2. The molecule has 0 radical (unpaired) electrons. The van der Waals surface area contributed by atoms with Crippen molar-refractivity contribution in [1.82, 2.24) is 0 Å². The highest BCUT2D eigenvalue weighted by Crippen LogP contribution is 2.57. The average Bonchev–Trinajstić information content (AvgIpc) is 3.27. The van der Waals surface area contributed by atoms with Gasteiger partial charge in [-0.1, -0.05) is 111 Å². The lowest BCUT2D eigenvalue weighted by Gasteiger charge is -2.37. The predicted molar refractivity (Wildman–Crippen MR) is 243 cm³/mol. The summed E-state index contributed by atoms with van der Waals surface area (Å²) in [5.41, 5.74) is 14.1. The first-order chi connectivity index (χ1) is 28.5. The normalized spacial score (nSPS) is 13.3. The van der Waals surface area contributed by atoms with Crippen molar-refractivity contribution in [3.8, 4) is 33.8 Å². The van der Waals surface area contributed by atoms with E-state index in [9.17, 15) is 0 Å². The minimum atomic E-state index is -0.245. The lowest BCUT2D eigenvalue weighted by atomic mass is 9.67. The third kappa shape index (κ3) is 4.74. The first-order valence-corrected chi connectivity index (χ1v) is 20.1. The molecule has 0 unspecified atom stereocenters. The molecule has 1 aliphatic heterocycles. The number of ether oxygens (including phenoxy) is 1. The Morgan fingerprint density at radius 1 is 0.328 bits per heavy atom. The molecule has 0 fully saturated rings. The molecule has 10 aromatic carbocycles. The highest BCUT2D eigenvalue weighted by atomic mass is 16.5. The molecule has 0 atom stereocenters. The number of benzene rings is 10. The van der Waals surface area contributed by atoms with Gasteiger partial charge in [-0.3, -0.25) is 0 Å². The molecule has 12 rings (SSSR count). The van der Waals surface area contributed by atoms with Crippen molar-refractivity contribution in [2.45, 2.75) is 19.3 Å². The quantitative estimate of drug-likeness (QED) is 0.158. The van der Waals surface area contributed by atoms with Crippen molar-refractivity contribution in [2.75, 3.05) is 9.80 Å². The second kappa shape index (κ2) is 12.3. The fourth-order valence-electron chi connectivity index (χ4n) is 9.88. The maximum atomic E-state index is 6.93. The lowest BCUT2D eigenvalue weighted by Crippen LogP contribution is -2.24. The average molecular weight is 743 g/mol. The molecular weight excluding hydrogens is 705 g/mol. The molecule has 1 aliphatic carbocycles. The fourth-order valence-corrected chi connectivity index (χ4v) is 9.88. The number of hydrogen-bond donors (Lipinski definition) is 0. The SMILES string of the molecule is CC1(C)c2cc(N(c3ccccc3)c3ccccc3)ccc2-c2cc3ccc4c5c(cc6ccc1c2c6c35)-c1ccc(N(c2ccccc2)c2ccccc2)cc1O4. The minimum Gasteiger partial charge on any atom is -0.456 e. The molecule has 3 nitrogen and oxygen atoms in total. The van der Waals surface area contributed by atoms with Gasteiger partial charge in [-0.15, -0.1) is 0 Å². The van der Waals surface area contributed by atoms with Crippen LogP contribution in [-0.2, 0) is 5.41 Å². The van der Waals surface area contributed by atoms with E-state index in [4.69, 9.17) is 4.74 Å². The third-order valence-corrected chi connectivity index (χ3v) is 12.5. The van der Waals surface area contributed by atoms with Crippen LogP contribution in [0.5, 0.6) is 11.5 Å². The molecule has 3 heteroatoms. The van der Waals surface area contributed by atoms with Crippen LogP contribution in [0.3, 0.4) is 0 Å². The maximum absolute atomic E-state index is 6.93. The van der Waals surface area contributed by atoms with E-state index in [2.05, 4.69) is 218 Å². The Kier molecular flexibility index (Phi) is 6.98. The summed E-state index contributed by atoms with van der Waals surface area (Å²) in [5, 5.41) is 7.64. The van der Waals surface area contributed by atoms with E-state index in [1.807, 2.05) is 0 Å². The van der Waals surface area contributed by atoms with Gasteiger partial charge in [0.1, 0.15) is 11.5 Å². The molecule has 0 bridgehead atoms. The van der Waals surface area contributed by atoms with Crippen molar-refractivity contribution < 1.29 is 4.74 Å². The van der Waals surface area contributed by atoms with Gasteiger partial charge in [0.2, 0.25) is 0 Å². The van der Waals surface area contributed by atoms with E-state index in [1.165, 1.54) is 60.1 Å². The second-order valence-electron chi connectivity index (χ2n) is 16.1. The zero-order valence-corrected chi connectivity index (χ0v) is 32.3. The Morgan fingerprint density at radius 2 is 0.793 bits per heavy atom. The van der Waals surface area contributed by atoms with Crippen LogP contribution in [0.25, 0.3) is 54.6 Å². The lowest BCUT2D eigenvalue weighted by molar-refractivity contribution is 0.487. The van der Waals surface area contributed by atoms with E-state index < -0.39 is 0 Å². The summed E-state index contributed by atoms with van der Waals surface area (Å²) in [5.74, 6) is 1.77. The van der Waals surface area contributed by atoms with Crippen LogP contribution in [0.4, 0.5) is 34.1 Å². The summed E-state index contributed by atoms with van der Waals surface area (Å²) >= 11 is 0. The van der Waals surface area contributed by atoms with Crippen LogP contribution >= 0.6 is 0 Å². The van der Waals surface area contributed by atoms with Gasteiger partial charge in [0.15, 0.2) is 0 Å². The Morgan fingerprint density at radius 3 is 1.34 bits per heavy atom. The van der Waals surface area contributed by atoms with E-state index in [0.29, 0.717) is 0 Å². The van der Waals surface area contributed by atoms with Crippen molar-refractivity contribution in [3.63, 3.8) is 0 Å². The monoisotopic (exact) mass is 742 g/mol. The first-order valence-electron chi connectivity index (χ1n) is 20.1. The molecule has 0 aromatic heterocycles. The fraction of sp³-hybridized carbons (Fsp3) is 0.0545. The zero-order chi connectivity index (χ0) is 38.5. The molecule has 58 heavy (non-hydrogen) atoms. The number of hydrogen-bond acceptors (Lipinski definition) is 3. The molecule has 10 aromatic rings. The van der Waals surface area contributed by atoms with Gasteiger partial charge >= 0.3 is 0 Å². The van der Waals surface area contributed by atoms with Gasteiger partial charge < -0.3 is 14.5 Å². The largest absolute Gasteiger partial charge is 0.456 e. The topological polar surface area (TPSA) is 15.7 Å². The van der Waals surface area contributed by atoms with Crippen molar-refractivity contribution in [3.05, 3.63) is 205 Å². The Balaban J connectivity index is 1.04. The Bertz CT molecular complexity index is 3130. The molecule has 0 saturated carbocycles. The third-order valence-electron chi connectivity index (χ3n) is 12.5. The molecule has 2 aliphatic rings. The van der Waals surface area contributed by atoms with Gasteiger partial charge in [-0.05, 0) is 140 Å². The molecule has 0 amide bonds. The van der Waals surface area contributed by atoms with Crippen LogP contribution < -0.4 is 14.5 Å². The van der Waals surface area contributed by atoms with Crippen molar-refractivity contribution in [2.24, 2.45) is 0 Å². The molecule has 0 spiro atoms. The maximum Gasteiger partial charge on any atom is 0.137 e. The summed E-state index contributed by atoms with van der Waals surface area (Å²) in [6.45, 7) is 4.79. The van der Waals surface area contributed by atoms with Crippen molar-refractivity contribution in [1.29, 1.82) is 0 Å². The highest BCUT2D eigenvalue weighted by molar-refractivity contribution is 6.32. The van der Waals surface area contributed by atoms with E-state index >= 15 is 0 Å². The number of rotatable bonds is 6. The van der Waals surface area contributed by atoms with Gasteiger partial charge in [0.25, 0.3) is 0 Å². The second-order valence-corrected chi connectivity index (χ2v) is 16.1. The van der Waals surface area contributed by atoms with Crippen LogP contribution in [0.1, 0.15) is 25.0 Å². The minimum absolute atomic E-state index is 0.245. The molecular formula is C55H38N2O. The van der Waals surface area contributed by atoms with Gasteiger partial charge in [-0.25, -0.2) is 0 Å². The van der Waals surface area contributed by atoms with Crippen LogP contribution in [0.2, 0.25) is 0 Å². The molecule has 0 saturated heterocycles. The number of para-hydroxylation sites is 4. The molecule has 1 heterocycles. The summed E-state index contributed by atoms with van der Waals surface area (Å²) in [7, 11) is 0. The van der Waals surface area contributed by atoms with Crippen LogP contribution in [0.15, 0.2) is 194 Å².